The van der Waals surface area contributed by atoms with Crippen molar-refractivity contribution in [2.45, 2.75) is 18.0 Å². The minimum absolute atomic E-state index is 0.107. The molecule has 8 heteroatoms. The maximum Gasteiger partial charge on any atom is 0.242 e. The van der Waals surface area contributed by atoms with Crippen LogP contribution in [0.15, 0.2) is 46.2 Å². The van der Waals surface area contributed by atoms with Gasteiger partial charge < -0.3 is 5.73 Å². The molecule has 0 aliphatic rings. The molecule has 0 aliphatic carbocycles. The third kappa shape index (κ3) is 3.60. The van der Waals surface area contributed by atoms with Crippen molar-refractivity contribution in [2.24, 2.45) is 5.73 Å². The van der Waals surface area contributed by atoms with Crippen LogP contribution in [0.3, 0.4) is 0 Å². The van der Waals surface area contributed by atoms with E-state index in [1.807, 2.05) is 0 Å². The van der Waals surface area contributed by atoms with Gasteiger partial charge in [0.1, 0.15) is 6.33 Å². The van der Waals surface area contributed by atoms with Gasteiger partial charge in [-0.1, -0.05) is 6.07 Å². The lowest BCUT2D eigenvalue weighted by molar-refractivity contribution is 0.580. The molecule has 0 saturated heterocycles. The van der Waals surface area contributed by atoms with Crippen LogP contribution in [0, 0.1) is 0 Å². The van der Waals surface area contributed by atoms with Crippen molar-refractivity contribution < 1.29 is 8.42 Å². The first kappa shape index (κ1) is 15.0. The van der Waals surface area contributed by atoms with Gasteiger partial charge in [-0.15, -0.1) is 0 Å². The Morgan fingerprint density at radius 1 is 1.30 bits per heavy atom. The quantitative estimate of drug-likeness (QED) is 0.837. The smallest absolute Gasteiger partial charge is 0.242 e. The van der Waals surface area contributed by atoms with Gasteiger partial charge in [-0.2, -0.15) is 0 Å². The molecular formula is C12H13BrN4O2S. The van der Waals surface area contributed by atoms with Gasteiger partial charge in [-0.3, -0.25) is 0 Å². The zero-order valence-corrected chi connectivity index (χ0v) is 12.9. The third-order valence-corrected chi connectivity index (χ3v) is 4.99. The molecule has 1 aromatic carbocycles. The molecule has 1 heterocycles. The molecular weight excluding hydrogens is 344 g/mol. The fourth-order valence-electron chi connectivity index (χ4n) is 1.56. The zero-order chi connectivity index (χ0) is 14.6. The fourth-order valence-corrected chi connectivity index (χ4v) is 3.68. The first-order chi connectivity index (χ1) is 9.53. The Hall–Kier alpha value is -1.35. The molecule has 2 aromatic rings. The molecule has 0 fully saturated rings. The van der Waals surface area contributed by atoms with Crippen LogP contribution in [0.25, 0.3) is 0 Å². The summed E-state index contributed by atoms with van der Waals surface area (Å²) >= 11 is 3.25. The van der Waals surface area contributed by atoms with Crippen LogP contribution in [0.4, 0.5) is 0 Å². The summed E-state index contributed by atoms with van der Waals surface area (Å²) < 4.78 is 27.4. The summed E-state index contributed by atoms with van der Waals surface area (Å²) in [6.45, 7) is 0.462. The maximum atomic E-state index is 12.2. The summed E-state index contributed by atoms with van der Waals surface area (Å²) in [5.41, 5.74) is 6.96. The van der Waals surface area contributed by atoms with Crippen LogP contribution >= 0.6 is 15.9 Å². The van der Waals surface area contributed by atoms with Crippen LogP contribution in [-0.4, -0.2) is 18.4 Å². The van der Waals surface area contributed by atoms with Gasteiger partial charge in [0, 0.05) is 17.2 Å². The summed E-state index contributed by atoms with van der Waals surface area (Å²) in [5.74, 6) is 0. The molecule has 0 unspecified atom stereocenters. The summed E-state index contributed by atoms with van der Waals surface area (Å²) in [6.07, 6.45) is 2.93. The number of nitrogens with two attached hydrogens (primary N) is 1. The Morgan fingerprint density at radius 2 is 2.10 bits per heavy atom. The second-order valence-corrected chi connectivity index (χ2v) is 6.58. The summed E-state index contributed by atoms with van der Waals surface area (Å²) in [4.78, 5) is 7.90. The lowest BCUT2D eigenvalue weighted by Crippen LogP contribution is -2.24. The second kappa shape index (κ2) is 6.40. The predicted molar refractivity (Wildman–Crippen MR) is 78.1 cm³/mol. The minimum atomic E-state index is -3.61. The molecule has 20 heavy (non-hydrogen) atoms. The van der Waals surface area contributed by atoms with Gasteiger partial charge in [0.15, 0.2) is 0 Å². The lowest BCUT2D eigenvalue weighted by atomic mass is 10.2. The van der Waals surface area contributed by atoms with Crippen molar-refractivity contribution >= 4 is 26.0 Å². The van der Waals surface area contributed by atoms with Crippen molar-refractivity contribution in [2.75, 3.05) is 0 Å². The van der Waals surface area contributed by atoms with E-state index < -0.39 is 10.0 Å². The Balaban J connectivity index is 2.18. The number of hydrogen-bond donors (Lipinski definition) is 2. The highest BCUT2D eigenvalue weighted by Gasteiger charge is 2.17. The van der Waals surface area contributed by atoms with Crippen LogP contribution < -0.4 is 10.5 Å². The molecule has 0 spiro atoms. The van der Waals surface area contributed by atoms with Crippen LogP contribution in [-0.2, 0) is 23.1 Å². The van der Waals surface area contributed by atoms with E-state index in [-0.39, 0.29) is 11.4 Å². The number of nitrogens with one attached hydrogen (secondary N) is 1. The van der Waals surface area contributed by atoms with E-state index in [0.717, 1.165) is 5.56 Å². The van der Waals surface area contributed by atoms with E-state index in [4.69, 9.17) is 5.73 Å². The number of aromatic nitrogens is 2. The van der Waals surface area contributed by atoms with Gasteiger partial charge in [-0.25, -0.2) is 23.1 Å². The first-order valence-electron chi connectivity index (χ1n) is 5.76. The van der Waals surface area contributed by atoms with Gasteiger partial charge in [-0.05, 0) is 39.7 Å². The van der Waals surface area contributed by atoms with Crippen molar-refractivity contribution in [1.82, 2.24) is 14.7 Å². The van der Waals surface area contributed by atoms with E-state index in [1.54, 1.807) is 24.4 Å². The Morgan fingerprint density at radius 3 is 2.70 bits per heavy atom. The molecule has 0 amide bonds. The number of benzene rings is 1. The van der Waals surface area contributed by atoms with Crippen LogP contribution in [0.2, 0.25) is 0 Å². The number of sulfonamides is 1. The fraction of sp³-hybridized carbons (Fsp3) is 0.167. The predicted octanol–water partition coefficient (Wildman–Crippen LogP) is 1.18. The summed E-state index contributed by atoms with van der Waals surface area (Å²) in [6, 6.07) is 6.55. The zero-order valence-electron chi connectivity index (χ0n) is 10.5. The molecule has 0 aliphatic heterocycles. The number of hydrogen-bond acceptors (Lipinski definition) is 5. The van der Waals surface area contributed by atoms with Gasteiger partial charge in [0.25, 0.3) is 0 Å². The number of nitrogens with zero attached hydrogens (tertiary/aromatic N) is 2. The van der Waals surface area contributed by atoms with Gasteiger partial charge in [0.2, 0.25) is 10.0 Å². The second-order valence-electron chi connectivity index (χ2n) is 3.99. The van der Waals surface area contributed by atoms with E-state index in [0.29, 0.717) is 16.7 Å². The third-order valence-electron chi connectivity index (χ3n) is 2.61. The molecule has 0 atom stereocenters. The average molecular weight is 357 g/mol. The molecule has 2 rings (SSSR count). The van der Waals surface area contributed by atoms with E-state index in [2.05, 4.69) is 30.6 Å². The maximum absolute atomic E-state index is 12.2. The highest BCUT2D eigenvalue weighted by atomic mass is 79.9. The Bertz CT molecular complexity index is 692. The van der Waals surface area contributed by atoms with Crippen LogP contribution in [0.1, 0.15) is 11.3 Å². The minimum Gasteiger partial charge on any atom is -0.326 e. The first-order valence-corrected chi connectivity index (χ1v) is 8.03. The van der Waals surface area contributed by atoms with E-state index >= 15 is 0 Å². The standard InChI is InChI=1S/C12H13BrN4O2S/c13-11-5-9(6-14)1-2-12(11)20(18,19)17-7-10-3-4-15-8-16-10/h1-5,8,17H,6-7,14H2. The molecule has 0 bridgehead atoms. The number of halogens is 1. The summed E-state index contributed by atoms with van der Waals surface area (Å²) in [7, 11) is -3.61. The van der Waals surface area contributed by atoms with Crippen LogP contribution in [0.5, 0.6) is 0 Å². The largest absolute Gasteiger partial charge is 0.326 e. The van der Waals surface area contributed by atoms with Crippen molar-refractivity contribution in [3.63, 3.8) is 0 Å². The monoisotopic (exact) mass is 356 g/mol. The molecule has 0 saturated carbocycles. The Labute approximate surface area is 125 Å². The molecule has 0 radical (unpaired) electrons. The van der Waals surface area contributed by atoms with Crippen molar-refractivity contribution in [1.29, 1.82) is 0 Å². The van der Waals surface area contributed by atoms with Gasteiger partial charge in [0.05, 0.1) is 17.1 Å². The average Bonchev–Trinajstić information content (AvgIpc) is 2.46. The van der Waals surface area contributed by atoms with E-state index in [1.165, 1.54) is 12.4 Å². The highest BCUT2D eigenvalue weighted by Crippen LogP contribution is 2.23. The molecule has 106 valence electrons. The Kier molecular flexibility index (Phi) is 4.81. The van der Waals surface area contributed by atoms with Crippen molar-refractivity contribution in [3.8, 4) is 0 Å². The lowest BCUT2D eigenvalue weighted by Gasteiger charge is -2.09. The van der Waals surface area contributed by atoms with Gasteiger partial charge >= 0.3 is 0 Å². The molecule has 3 N–H and O–H groups in total. The molecule has 6 nitrogen and oxygen atoms in total. The number of rotatable bonds is 5. The summed E-state index contributed by atoms with van der Waals surface area (Å²) in [5, 5.41) is 0. The van der Waals surface area contributed by atoms with Crippen molar-refractivity contribution in [3.05, 3.63) is 52.5 Å². The molecule has 1 aromatic heterocycles. The normalized spacial score (nSPS) is 11.5. The topological polar surface area (TPSA) is 98.0 Å². The SMILES string of the molecule is NCc1ccc(S(=O)(=O)NCc2ccncn2)c(Br)c1. The van der Waals surface area contributed by atoms with E-state index in [9.17, 15) is 8.42 Å². The highest BCUT2D eigenvalue weighted by molar-refractivity contribution is 9.10.